The highest BCUT2D eigenvalue weighted by Gasteiger charge is 2.32. The van der Waals surface area contributed by atoms with E-state index in [9.17, 15) is 13.2 Å². The number of nitrogens with zero attached hydrogens (tertiary/aromatic N) is 1. The van der Waals surface area contributed by atoms with Gasteiger partial charge in [-0.2, -0.15) is 13.2 Å². The van der Waals surface area contributed by atoms with Gasteiger partial charge in [-0.05, 0) is 12.8 Å². The number of thiocarbonyl (C=S) groups is 1. The van der Waals surface area contributed by atoms with Crippen LogP contribution in [0.3, 0.4) is 0 Å². The molecule has 1 nitrogen and oxygen atoms in total. The molecule has 6 heteroatoms. The van der Waals surface area contributed by atoms with E-state index in [1.807, 2.05) is 13.8 Å². The second-order valence-electron chi connectivity index (χ2n) is 2.80. The first-order chi connectivity index (χ1) is 6.40. The predicted octanol–water partition coefficient (Wildman–Crippen LogP) is 3.65. The Bertz CT molecular complexity index is 176. The fourth-order valence-electron chi connectivity index (χ4n) is 0.998. The average molecular weight is 245 g/mol. The van der Waals surface area contributed by atoms with Crippen LogP contribution in [-0.4, -0.2) is 27.8 Å². The minimum atomic E-state index is -4.27. The van der Waals surface area contributed by atoms with Crippen molar-refractivity contribution >= 4 is 28.3 Å². The summed E-state index contributed by atoms with van der Waals surface area (Å²) in [5.41, 5.74) is -4.27. The Balaban J connectivity index is 4.14. The van der Waals surface area contributed by atoms with Crippen LogP contribution in [0.2, 0.25) is 0 Å². The molecule has 0 aliphatic heterocycles. The molecule has 0 saturated carbocycles. The van der Waals surface area contributed by atoms with Crippen LogP contribution in [0.15, 0.2) is 0 Å². The summed E-state index contributed by atoms with van der Waals surface area (Å²) in [5, 5.41) is 0. The van der Waals surface area contributed by atoms with Gasteiger partial charge < -0.3 is 4.90 Å². The molecule has 0 N–H and O–H groups in total. The fourth-order valence-corrected chi connectivity index (χ4v) is 1.97. The maximum Gasteiger partial charge on any atom is 0.448 e. The average Bonchev–Trinajstić information content (AvgIpc) is 2.01. The zero-order chi connectivity index (χ0) is 11.2. The normalized spacial score (nSPS) is 11.5. The Hall–Kier alpha value is 0.0300. The number of halogens is 3. The minimum absolute atomic E-state index is 0.0683. The van der Waals surface area contributed by atoms with Crippen LogP contribution in [0.4, 0.5) is 13.2 Å². The molecule has 0 unspecified atom stereocenters. The molecule has 0 spiro atoms. The van der Waals surface area contributed by atoms with Gasteiger partial charge in [-0.1, -0.05) is 26.1 Å². The van der Waals surface area contributed by atoms with Crippen molar-refractivity contribution in [2.45, 2.75) is 32.2 Å². The first-order valence-corrected chi connectivity index (χ1v) is 5.67. The lowest BCUT2D eigenvalue weighted by Crippen LogP contribution is -2.30. The molecular formula is C8H14F3NS2. The van der Waals surface area contributed by atoms with Crippen molar-refractivity contribution in [3.05, 3.63) is 0 Å². The Morgan fingerprint density at radius 3 is 1.93 bits per heavy atom. The molecule has 0 aromatic carbocycles. The quantitative estimate of drug-likeness (QED) is 0.696. The number of hydrogen-bond acceptors (Lipinski definition) is 2. The number of hydrogen-bond donors (Lipinski definition) is 0. The van der Waals surface area contributed by atoms with Gasteiger partial charge >= 0.3 is 5.51 Å². The Kier molecular flexibility index (Phi) is 6.52. The summed E-state index contributed by atoms with van der Waals surface area (Å²) < 4.78 is 35.9. The summed E-state index contributed by atoms with van der Waals surface area (Å²) in [4.78, 5) is 1.60. The van der Waals surface area contributed by atoms with Crippen molar-refractivity contribution in [2.24, 2.45) is 0 Å². The molecule has 0 saturated heterocycles. The Labute approximate surface area is 92.0 Å². The second-order valence-corrected chi connectivity index (χ2v) is 4.50. The molecule has 0 heterocycles. The van der Waals surface area contributed by atoms with Crippen LogP contribution in [0.25, 0.3) is 0 Å². The molecule has 0 radical (unpaired) electrons. The van der Waals surface area contributed by atoms with Crippen molar-refractivity contribution < 1.29 is 13.2 Å². The van der Waals surface area contributed by atoms with Crippen LogP contribution in [0.5, 0.6) is 0 Å². The van der Waals surface area contributed by atoms with Gasteiger partial charge in [-0.15, -0.1) is 0 Å². The topological polar surface area (TPSA) is 3.24 Å². The summed E-state index contributed by atoms with van der Waals surface area (Å²) >= 11 is 4.53. The largest absolute Gasteiger partial charge is 0.448 e. The summed E-state index contributed by atoms with van der Waals surface area (Å²) in [6.45, 7) is 5.03. The third-order valence-electron chi connectivity index (χ3n) is 1.45. The molecular weight excluding hydrogens is 231 g/mol. The molecule has 0 atom stereocenters. The van der Waals surface area contributed by atoms with Gasteiger partial charge in [0.1, 0.15) is 4.32 Å². The van der Waals surface area contributed by atoms with E-state index in [2.05, 4.69) is 0 Å². The number of alkyl halides is 3. The maximum absolute atomic E-state index is 12.0. The molecule has 0 aromatic heterocycles. The van der Waals surface area contributed by atoms with Crippen LogP contribution in [0, 0.1) is 0 Å². The van der Waals surface area contributed by atoms with Crippen molar-refractivity contribution in [3.8, 4) is 0 Å². The second kappa shape index (κ2) is 6.50. The number of thioether (sulfide) groups is 1. The maximum atomic E-state index is 12.0. The van der Waals surface area contributed by atoms with Crippen molar-refractivity contribution in [3.63, 3.8) is 0 Å². The van der Waals surface area contributed by atoms with E-state index in [-0.39, 0.29) is 16.1 Å². The summed E-state index contributed by atoms with van der Waals surface area (Å²) in [7, 11) is 0. The highest BCUT2D eigenvalue weighted by molar-refractivity contribution is 8.23. The van der Waals surface area contributed by atoms with E-state index in [0.29, 0.717) is 13.1 Å². The van der Waals surface area contributed by atoms with Gasteiger partial charge in [0.2, 0.25) is 0 Å². The fraction of sp³-hybridized carbons (Fsp3) is 0.875. The Morgan fingerprint density at radius 2 is 1.64 bits per heavy atom. The van der Waals surface area contributed by atoms with E-state index in [1.54, 1.807) is 4.90 Å². The van der Waals surface area contributed by atoms with Crippen molar-refractivity contribution in [1.29, 1.82) is 0 Å². The minimum Gasteiger partial charge on any atom is -0.357 e. The zero-order valence-electron chi connectivity index (χ0n) is 8.23. The van der Waals surface area contributed by atoms with E-state index in [0.717, 1.165) is 12.8 Å². The van der Waals surface area contributed by atoms with E-state index < -0.39 is 5.51 Å². The highest BCUT2D eigenvalue weighted by atomic mass is 32.2. The molecule has 0 bridgehead atoms. The molecule has 14 heavy (non-hydrogen) atoms. The van der Waals surface area contributed by atoms with Gasteiger partial charge in [0, 0.05) is 24.9 Å². The smallest absolute Gasteiger partial charge is 0.357 e. The zero-order valence-corrected chi connectivity index (χ0v) is 9.86. The summed E-state index contributed by atoms with van der Waals surface area (Å²) in [6, 6.07) is 0. The first-order valence-electron chi connectivity index (χ1n) is 4.45. The lowest BCUT2D eigenvalue weighted by Gasteiger charge is -2.23. The first kappa shape index (κ1) is 14.0. The van der Waals surface area contributed by atoms with E-state index in [4.69, 9.17) is 12.2 Å². The lowest BCUT2D eigenvalue weighted by atomic mass is 10.4. The van der Waals surface area contributed by atoms with E-state index >= 15 is 0 Å². The monoisotopic (exact) mass is 245 g/mol. The molecule has 0 aromatic rings. The van der Waals surface area contributed by atoms with Crippen LogP contribution < -0.4 is 0 Å². The van der Waals surface area contributed by atoms with Gasteiger partial charge in [-0.25, -0.2) is 0 Å². The molecule has 0 amide bonds. The summed E-state index contributed by atoms with van der Waals surface area (Å²) in [5.74, 6) is 0. The number of rotatable bonds is 4. The predicted molar refractivity (Wildman–Crippen MR) is 58.4 cm³/mol. The van der Waals surface area contributed by atoms with Gasteiger partial charge in [0.15, 0.2) is 0 Å². The van der Waals surface area contributed by atoms with E-state index in [1.165, 1.54) is 0 Å². The molecule has 0 fully saturated rings. The highest BCUT2D eigenvalue weighted by Crippen LogP contribution is 2.32. The van der Waals surface area contributed by atoms with Crippen molar-refractivity contribution in [1.82, 2.24) is 4.90 Å². The van der Waals surface area contributed by atoms with Gasteiger partial charge in [0.25, 0.3) is 0 Å². The van der Waals surface area contributed by atoms with Gasteiger partial charge in [0.05, 0.1) is 0 Å². The van der Waals surface area contributed by atoms with Crippen LogP contribution in [-0.2, 0) is 0 Å². The lowest BCUT2D eigenvalue weighted by molar-refractivity contribution is -0.0317. The molecule has 84 valence electrons. The van der Waals surface area contributed by atoms with Crippen LogP contribution in [0.1, 0.15) is 26.7 Å². The van der Waals surface area contributed by atoms with Gasteiger partial charge in [-0.3, -0.25) is 0 Å². The molecule has 0 aliphatic carbocycles. The SMILES string of the molecule is CCCN(CCC)C(=S)SC(F)(F)F. The molecule has 0 rings (SSSR count). The standard InChI is InChI=1S/C8H14F3NS2/c1-3-5-12(6-4-2)7(13)14-8(9,10)11/h3-6H2,1-2H3. The Morgan fingerprint density at radius 1 is 1.21 bits per heavy atom. The summed E-state index contributed by atoms with van der Waals surface area (Å²) in [6.07, 6.45) is 1.61. The van der Waals surface area contributed by atoms with Crippen LogP contribution >= 0.6 is 24.0 Å². The molecule has 0 aliphatic rings. The van der Waals surface area contributed by atoms with Crippen molar-refractivity contribution in [2.75, 3.05) is 13.1 Å². The third-order valence-corrected chi connectivity index (χ3v) is 2.62. The third kappa shape index (κ3) is 6.48.